The van der Waals surface area contributed by atoms with Crippen LogP contribution in [0.1, 0.15) is 32.3 Å². The third-order valence-electron chi connectivity index (χ3n) is 5.29. The van der Waals surface area contributed by atoms with Gasteiger partial charge in [0, 0.05) is 25.3 Å². The predicted molar refractivity (Wildman–Crippen MR) is 142 cm³/mol. The van der Waals surface area contributed by atoms with Gasteiger partial charge in [-0.3, -0.25) is 0 Å². The van der Waals surface area contributed by atoms with Gasteiger partial charge in [0.05, 0.1) is 6.54 Å². The fraction of sp³-hybridized carbons (Fsp3) is 0.481. The van der Waals surface area contributed by atoms with E-state index in [1.165, 1.54) is 17.0 Å². The zero-order chi connectivity index (χ0) is 28.7. The van der Waals surface area contributed by atoms with Gasteiger partial charge in [-0.15, -0.1) is 13.2 Å². The van der Waals surface area contributed by atoms with Crippen LogP contribution in [-0.4, -0.2) is 72.3 Å². The smallest absolute Gasteiger partial charge is 0.492 e. The van der Waals surface area contributed by atoms with Crippen LogP contribution in [0.4, 0.5) is 18.0 Å². The van der Waals surface area contributed by atoms with Gasteiger partial charge >= 0.3 is 18.4 Å². The van der Waals surface area contributed by atoms with Crippen LogP contribution in [0.3, 0.4) is 0 Å². The maximum atomic E-state index is 12.8. The minimum Gasteiger partial charge on any atom is -0.492 e. The first-order valence-electron chi connectivity index (χ1n) is 12.6. The summed E-state index contributed by atoms with van der Waals surface area (Å²) in [4.78, 5) is 25.6. The van der Waals surface area contributed by atoms with E-state index in [0.717, 1.165) is 36.3 Å². The number of halogens is 3. The molecule has 0 saturated carbocycles. The number of carboxylic acids is 1. The summed E-state index contributed by atoms with van der Waals surface area (Å²) in [5.41, 5.74) is 0.782. The van der Waals surface area contributed by atoms with E-state index in [4.69, 9.17) is 14.2 Å². The lowest BCUT2D eigenvalue weighted by atomic mass is 10.1. The van der Waals surface area contributed by atoms with Crippen LogP contribution in [0.2, 0.25) is 0 Å². The molecule has 0 radical (unpaired) electrons. The number of carbonyl (C=O) groups excluding carboxylic acids is 1. The van der Waals surface area contributed by atoms with Crippen molar-refractivity contribution in [2.75, 3.05) is 37.8 Å². The van der Waals surface area contributed by atoms with Crippen molar-refractivity contribution < 1.29 is 46.8 Å². The number of aliphatic carboxylic acids is 1. The molecule has 1 amide bonds. The molecule has 0 aliphatic carbocycles. The molecule has 1 N–H and O–H groups in total. The van der Waals surface area contributed by atoms with E-state index in [1.54, 1.807) is 43.0 Å². The van der Waals surface area contributed by atoms with Crippen LogP contribution in [0, 0.1) is 0 Å². The fourth-order valence-corrected chi connectivity index (χ4v) is 4.37. The molecule has 2 rings (SSSR count). The molecule has 0 fully saturated rings. The number of benzene rings is 2. The van der Waals surface area contributed by atoms with Crippen molar-refractivity contribution in [1.29, 1.82) is 0 Å². The highest BCUT2D eigenvalue weighted by Crippen LogP contribution is 2.25. The Hall–Kier alpha value is -3.12. The highest BCUT2D eigenvalue weighted by Gasteiger charge is 2.31. The maximum Gasteiger partial charge on any atom is 0.573 e. The molecule has 39 heavy (non-hydrogen) atoms. The van der Waals surface area contributed by atoms with Crippen molar-refractivity contribution in [1.82, 2.24) is 4.90 Å². The van der Waals surface area contributed by atoms with E-state index in [9.17, 15) is 27.9 Å². The zero-order valence-corrected chi connectivity index (χ0v) is 22.8. The second-order valence-electron chi connectivity index (χ2n) is 8.32. The fourth-order valence-electron chi connectivity index (χ4n) is 3.32. The Morgan fingerprint density at radius 1 is 0.949 bits per heavy atom. The van der Waals surface area contributed by atoms with Gasteiger partial charge < -0.3 is 29.0 Å². The first-order chi connectivity index (χ1) is 18.6. The molecule has 8 nitrogen and oxygen atoms in total. The molecule has 0 aromatic heterocycles. The Balaban J connectivity index is 1.93. The summed E-state index contributed by atoms with van der Waals surface area (Å²) in [6.07, 6.45) is -4.02. The van der Waals surface area contributed by atoms with Crippen molar-refractivity contribution in [3.63, 3.8) is 0 Å². The van der Waals surface area contributed by atoms with Crippen LogP contribution in [0.25, 0.3) is 0 Å². The van der Waals surface area contributed by atoms with E-state index in [1.807, 2.05) is 0 Å². The van der Waals surface area contributed by atoms with Crippen molar-refractivity contribution in [3.8, 4) is 17.2 Å². The van der Waals surface area contributed by atoms with Crippen molar-refractivity contribution in [3.05, 3.63) is 54.1 Å². The van der Waals surface area contributed by atoms with Crippen LogP contribution in [0.15, 0.2) is 48.5 Å². The summed E-state index contributed by atoms with van der Waals surface area (Å²) >= 11 is 1.71. The topological polar surface area (TPSA) is 94.5 Å². The molecule has 216 valence electrons. The van der Waals surface area contributed by atoms with Crippen LogP contribution in [-0.2, 0) is 16.0 Å². The van der Waals surface area contributed by atoms with Crippen LogP contribution in [0.5, 0.6) is 17.2 Å². The number of alkyl halides is 3. The summed E-state index contributed by atoms with van der Waals surface area (Å²) in [6, 6.07) is 11.5. The Bertz CT molecular complexity index is 1000. The lowest BCUT2D eigenvalue weighted by Crippen LogP contribution is -2.38. The first kappa shape index (κ1) is 32.1. The summed E-state index contributed by atoms with van der Waals surface area (Å²) in [7, 11) is 0. The molecular weight excluding hydrogens is 539 g/mol. The van der Waals surface area contributed by atoms with Gasteiger partial charge in [-0.2, -0.15) is 11.8 Å². The molecule has 1 unspecified atom stereocenters. The van der Waals surface area contributed by atoms with Gasteiger partial charge in [-0.25, -0.2) is 9.59 Å². The van der Waals surface area contributed by atoms with E-state index in [-0.39, 0.29) is 25.3 Å². The average Bonchev–Trinajstić information content (AvgIpc) is 2.88. The molecule has 0 bridgehead atoms. The second kappa shape index (κ2) is 16.8. The average molecular weight is 574 g/mol. The maximum absolute atomic E-state index is 12.8. The van der Waals surface area contributed by atoms with E-state index >= 15 is 0 Å². The Kier molecular flexibility index (Phi) is 13.8. The van der Waals surface area contributed by atoms with Crippen molar-refractivity contribution in [2.45, 2.75) is 45.6 Å². The third-order valence-corrected chi connectivity index (χ3v) is 6.33. The highest BCUT2D eigenvalue weighted by molar-refractivity contribution is 7.99. The number of amides is 1. The standard InChI is InChI=1S/C27H34F3NO7S/c1-3-5-17-39-18-15-31(26(34)37-22-10-12-23(13-11-22)38-27(28,29)30)14-16-36-21-8-6-20(7-9-21)19-24(25(32)33)35-4-2/h6-13,24H,3-5,14-19H2,1-2H3,(H,32,33). The predicted octanol–water partition coefficient (Wildman–Crippen LogP) is 6.03. The molecular formula is C27H34F3NO7S. The zero-order valence-electron chi connectivity index (χ0n) is 21.9. The molecule has 0 aliphatic heterocycles. The molecule has 12 heteroatoms. The lowest BCUT2D eigenvalue weighted by Gasteiger charge is -2.22. The van der Waals surface area contributed by atoms with Crippen molar-refractivity contribution in [2.24, 2.45) is 0 Å². The number of hydrogen-bond acceptors (Lipinski definition) is 7. The van der Waals surface area contributed by atoms with Gasteiger partial charge in [0.15, 0.2) is 6.10 Å². The highest BCUT2D eigenvalue weighted by atomic mass is 32.2. The number of carboxylic acid groups (broad SMARTS) is 1. The van der Waals surface area contributed by atoms with E-state index in [0.29, 0.717) is 24.7 Å². The SMILES string of the molecule is CCCCSCCN(CCOc1ccc(CC(OCC)C(=O)O)cc1)C(=O)Oc1ccc(OC(F)(F)F)cc1. The van der Waals surface area contributed by atoms with Gasteiger partial charge in [-0.1, -0.05) is 25.5 Å². The molecule has 2 aromatic rings. The molecule has 1 atom stereocenters. The minimum atomic E-state index is -4.81. The number of hydrogen-bond donors (Lipinski definition) is 1. The molecule has 0 saturated heterocycles. The number of ether oxygens (including phenoxy) is 4. The summed E-state index contributed by atoms with van der Waals surface area (Å²) < 4.78 is 57.3. The van der Waals surface area contributed by atoms with Gasteiger partial charge in [0.2, 0.25) is 0 Å². The van der Waals surface area contributed by atoms with Gasteiger partial charge in [0.1, 0.15) is 23.9 Å². The largest absolute Gasteiger partial charge is 0.573 e. The lowest BCUT2D eigenvalue weighted by molar-refractivity contribution is -0.274. The Morgan fingerprint density at radius 3 is 2.18 bits per heavy atom. The van der Waals surface area contributed by atoms with Crippen LogP contribution < -0.4 is 14.2 Å². The number of rotatable bonds is 17. The third kappa shape index (κ3) is 13.0. The summed E-state index contributed by atoms with van der Waals surface area (Å²) in [5, 5.41) is 9.24. The molecule has 0 aliphatic rings. The number of carbonyl (C=O) groups is 2. The van der Waals surface area contributed by atoms with Crippen molar-refractivity contribution >= 4 is 23.8 Å². The van der Waals surface area contributed by atoms with Gasteiger partial charge in [0.25, 0.3) is 0 Å². The number of unbranched alkanes of at least 4 members (excludes halogenated alkanes) is 1. The second-order valence-corrected chi connectivity index (χ2v) is 9.54. The molecule has 0 spiro atoms. The van der Waals surface area contributed by atoms with Crippen LogP contribution >= 0.6 is 11.8 Å². The number of thioether (sulfide) groups is 1. The van der Waals surface area contributed by atoms with Gasteiger partial charge in [-0.05, 0) is 61.1 Å². The Labute approximate surface area is 230 Å². The molecule has 2 aromatic carbocycles. The quantitative estimate of drug-likeness (QED) is 0.229. The normalized spacial score (nSPS) is 12.0. The van der Waals surface area contributed by atoms with E-state index < -0.39 is 30.3 Å². The Morgan fingerprint density at radius 2 is 1.59 bits per heavy atom. The summed E-state index contributed by atoms with van der Waals surface area (Å²) in [5.74, 6) is 0.848. The first-order valence-corrected chi connectivity index (χ1v) is 13.7. The molecule has 0 heterocycles. The monoisotopic (exact) mass is 573 g/mol. The number of nitrogens with zero attached hydrogens (tertiary/aromatic N) is 1. The van der Waals surface area contributed by atoms with E-state index in [2.05, 4.69) is 11.7 Å². The summed E-state index contributed by atoms with van der Waals surface area (Å²) in [6.45, 7) is 4.92. The minimum absolute atomic E-state index is 0.0846.